The first-order valence-corrected chi connectivity index (χ1v) is 7.79. The molecule has 12 nitrogen and oxygen atoms in total. The van der Waals surface area contributed by atoms with Gasteiger partial charge in [-0.1, -0.05) is 9.37 Å². The van der Waals surface area contributed by atoms with E-state index in [0.29, 0.717) is 6.07 Å². The highest BCUT2D eigenvalue weighted by molar-refractivity contribution is 7.90. The maximum Gasteiger partial charge on any atom is 0.446 e. The van der Waals surface area contributed by atoms with Crippen molar-refractivity contribution < 1.29 is 53.1 Å². The predicted molar refractivity (Wildman–Crippen MR) is 63.8 cm³/mol. The van der Waals surface area contributed by atoms with Gasteiger partial charge in [-0.3, -0.25) is 9.11 Å². The van der Waals surface area contributed by atoms with Crippen LogP contribution in [0.25, 0.3) is 0 Å². The second kappa shape index (κ2) is 7.09. The van der Waals surface area contributed by atoms with Crippen molar-refractivity contribution in [3.8, 4) is 17.2 Å². The molecule has 0 aliphatic carbocycles. The summed E-state index contributed by atoms with van der Waals surface area (Å²) in [4.78, 5) is 0. The Morgan fingerprint density at radius 3 is 1.67 bits per heavy atom. The SMILES string of the molecule is O=S(=O)(O)Oc1cc(OSOOO)cc(OS(=O)(=O)O)c1. The summed E-state index contributed by atoms with van der Waals surface area (Å²) in [6.45, 7) is 0. The third kappa shape index (κ3) is 7.87. The summed E-state index contributed by atoms with van der Waals surface area (Å²) in [6.07, 6.45) is 0. The number of benzene rings is 1. The van der Waals surface area contributed by atoms with E-state index in [9.17, 15) is 16.8 Å². The summed E-state index contributed by atoms with van der Waals surface area (Å²) in [6, 6.07) is 2.46. The molecule has 1 aromatic carbocycles. The zero-order valence-electron chi connectivity index (χ0n) is 9.47. The summed E-state index contributed by atoms with van der Waals surface area (Å²) in [7, 11) is -9.81. The Balaban J connectivity index is 3.06. The Bertz CT molecular complexity index is 627. The smallest absolute Gasteiger partial charge is 0.398 e. The molecule has 0 saturated heterocycles. The molecule has 0 heterocycles. The average Bonchev–Trinajstić information content (AvgIpc) is 2.24. The van der Waals surface area contributed by atoms with Gasteiger partial charge in [-0.05, 0) is 0 Å². The van der Waals surface area contributed by atoms with Crippen LogP contribution in [-0.2, 0) is 30.2 Å². The first-order chi connectivity index (χ1) is 9.59. The normalized spacial score (nSPS) is 12.0. The van der Waals surface area contributed by atoms with Crippen molar-refractivity contribution in [1.29, 1.82) is 0 Å². The van der Waals surface area contributed by atoms with Crippen molar-refractivity contribution in [1.82, 2.24) is 0 Å². The molecular weight excluding hydrogens is 360 g/mol. The van der Waals surface area contributed by atoms with E-state index in [4.69, 9.17) is 14.4 Å². The van der Waals surface area contributed by atoms with Crippen molar-refractivity contribution >= 4 is 33.1 Å². The monoisotopic (exact) mass is 366 g/mol. The third-order valence-electron chi connectivity index (χ3n) is 1.45. The van der Waals surface area contributed by atoms with Crippen LogP contribution in [0.2, 0.25) is 0 Å². The van der Waals surface area contributed by atoms with Gasteiger partial charge >= 0.3 is 20.8 Å². The lowest BCUT2D eigenvalue weighted by atomic mass is 10.3. The fourth-order valence-corrected chi connectivity index (χ4v) is 1.91. The summed E-state index contributed by atoms with van der Waals surface area (Å²) < 4.78 is 75.9. The van der Waals surface area contributed by atoms with Crippen LogP contribution < -0.4 is 12.5 Å². The Morgan fingerprint density at radius 1 is 0.857 bits per heavy atom. The van der Waals surface area contributed by atoms with Crippen LogP contribution in [0.5, 0.6) is 17.2 Å². The standard InChI is InChI=1S/C6H6O12S3/c7-17-18-19-14-4-1-5(15-20(8,9)10)3-6(2-4)16-21(11,12)13/h1-3,7H,(H,8,9,10)(H,11,12,13). The van der Waals surface area contributed by atoms with E-state index in [1.165, 1.54) is 0 Å². The summed E-state index contributed by atoms with van der Waals surface area (Å²) in [5.74, 6) is -1.53. The van der Waals surface area contributed by atoms with Gasteiger partial charge in [0, 0.05) is 18.2 Å². The second-order valence-electron chi connectivity index (χ2n) is 2.96. The van der Waals surface area contributed by atoms with Crippen molar-refractivity contribution in [2.24, 2.45) is 0 Å². The first kappa shape index (κ1) is 17.7. The minimum atomic E-state index is -4.91. The van der Waals surface area contributed by atoms with Crippen molar-refractivity contribution in [2.45, 2.75) is 0 Å². The molecule has 0 radical (unpaired) electrons. The lowest BCUT2D eigenvalue weighted by Gasteiger charge is -2.08. The molecular formula is C6H6O12S3. The van der Waals surface area contributed by atoms with Crippen LogP contribution in [0.15, 0.2) is 18.2 Å². The minimum absolute atomic E-state index is 0.0525. The van der Waals surface area contributed by atoms with Gasteiger partial charge in [0.25, 0.3) is 12.3 Å². The van der Waals surface area contributed by atoms with Gasteiger partial charge in [-0.15, -0.1) is 0 Å². The Labute approximate surface area is 122 Å². The van der Waals surface area contributed by atoms with Gasteiger partial charge in [0.2, 0.25) is 0 Å². The molecule has 3 N–H and O–H groups in total. The molecule has 0 unspecified atom stereocenters. The van der Waals surface area contributed by atoms with Crippen molar-refractivity contribution in [3.05, 3.63) is 18.2 Å². The summed E-state index contributed by atoms with van der Waals surface area (Å²) in [5.41, 5.74) is 0. The van der Waals surface area contributed by atoms with Crippen LogP contribution in [0.1, 0.15) is 0 Å². The molecule has 15 heteroatoms. The molecule has 0 aliphatic rings. The topological polar surface area (TPSA) is 175 Å². The van der Waals surface area contributed by atoms with E-state index in [-0.39, 0.29) is 18.1 Å². The van der Waals surface area contributed by atoms with Crippen molar-refractivity contribution in [2.75, 3.05) is 0 Å². The van der Waals surface area contributed by atoms with Gasteiger partial charge in [-0.2, -0.15) is 16.8 Å². The van der Waals surface area contributed by atoms with Gasteiger partial charge in [0.1, 0.15) is 5.75 Å². The van der Waals surface area contributed by atoms with Crippen LogP contribution in [0.3, 0.4) is 0 Å². The fourth-order valence-electron chi connectivity index (χ4n) is 0.999. The van der Waals surface area contributed by atoms with E-state index < -0.39 is 32.3 Å². The van der Waals surface area contributed by atoms with Gasteiger partial charge in [-0.25, -0.2) is 5.26 Å². The maximum absolute atomic E-state index is 10.6. The first-order valence-electron chi connectivity index (χ1n) is 4.39. The quantitative estimate of drug-likeness (QED) is 0.190. The molecule has 120 valence electrons. The van der Waals surface area contributed by atoms with Gasteiger partial charge < -0.3 is 12.5 Å². The number of hydrogen-bond acceptors (Lipinski definition) is 11. The molecule has 0 atom stereocenters. The van der Waals surface area contributed by atoms with Crippen LogP contribution in [0.4, 0.5) is 0 Å². The summed E-state index contributed by atoms with van der Waals surface area (Å²) >= 11 is 0.0525. The zero-order chi connectivity index (χ0) is 16.1. The third-order valence-corrected chi connectivity index (χ3v) is 2.63. The molecule has 0 amide bonds. The Kier molecular flexibility index (Phi) is 5.98. The van der Waals surface area contributed by atoms with E-state index in [1.54, 1.807) is 0 Å². The van der Waals surface area contributed by atoms with E-state index in [0.717, 1.165) is 12.1 Å². The zero-order valence-corrected chi connectivity index (χ0v) is 11.9. The maximum atomic E-state index is 10.6. The molecule has 0 saturated carbocycles. The lowest BCUT2D eigenvalue weighted by molar-refractivity contribution is -0.433. The fraction of sp³-hybridized carbons (Fsp3) is 0. The Morgan fingerprint density at radius 2 is 1.29 bits per heavy atom. The molecule has 21 heavy (non-hydrogen) atoms. The average molecular weight is 366 g/mol. The van der Waals surface area contributed by atoms with Gasteiger partial charge in [0.05, 0.1) is 0 Å². The van der Waals surface area contributed by atoms with Crippen LogP contribution >= 0.6 is 12.3 Å². The predicted octanol–water partition coefficient (Wildman–Crippen LogP) is 0.413. The van der Waals surface area contributed by atoms with E-state index in [1.807, 2.05) is 0 Å². The number of hydrogen-bond donors (Lipinski definition) is 3. The van der Waals surface area contributed by atoms with Crippen LogP contribution in [0, 0.1) is 0 Å². The van der Waals surface area contributed by atoms with E-state index >= 15 is 0 Å². The van der Waals surface area contributed by atoms with Gasteiger partial charge in [0.15, 0.2) is 11.5 Å². The summed E-state index contributed by atoms with van der Waals surface area (Å²) in [5, 5.41) is 11.1. The molecule has 0 fully saturated rings. The second-order valence-corrected chi connectivity index (χ2v) is 5.44. The Hall–Kier alpha value is -1.33. The highest BCUT2D eigenvalue weighted by Gasteiger charge is 2.15. The largest absolute Gasteiger partial charge is 0.446 e. The van der Waals surface area contributed by atoms with Crippen molar-refractivity contribution in [3.63, 3.8) is 0 Å². The minimum Gasteiger partial charge on any atom is -0.398 e. The molecule has 1 aromatic rings. The number of rotatable bonds is 8. The highest BCUT2D eigenvalue weighted by atomic mass is 32.3. The molecule has 1 rings (SSSR count). The van der Waals surface area contributed by atoms with Crippen LogP contribution in [-0.4, -0.2) is 31.2 Å². The molecule has 0 aliphatic heterocycles. The molecule has 0 bridgehead atoms. The lowest BCUT2D eigenvalue weighted by Crippen LogP contribution is -2.09. The van der Waals surface area contributed by atoms with E-state index in [2.05, 4.69) is 21.9 Å². The molecule has 0 aromatic heterocycles. The molecule has 0 spiro atoms. The highest BCUT2D eigenvalue weighted by Crippen LogP contribution is 2.31.